The van der Waals surface area contributed by atoms with Crippen LogP contribution < -0.4 is 0 Å². The number of halogens is 6. The molecule has 0 heterocycles. The highest BCUT2D eigenvalue weighted by Gasteiger charge is 2.32. The van der Waals surface area contributed by atoms with Crippen molar-refractivity contribution in [2.45, 2.75) is 6.18 Å². The van der Waals surface area contributed by atoms with Crippen LogP contribution in [0.15, 0.2) is 42.5 Å². The number of alkyl halides is 3. The van der Waals surface area contributed by atoms with Gasteiger partial charge in [0.2, 0.25) is 0 Å². The maximum Gasteiger partial charge on any atom is 0.416 e. The smallest absolute Gasteiger partial charge is 0.289 e. The van der Waals surface area contributed by atoms with Crippen molar-refractivity contribution in [2.75, 3.05) is 0 Å². The summed E-state index contributed by atoms with van der Waals surface area (Å²) < 4.78 is 38.7. The van der Waals surface area contributed by atoms with Crippen LogP contribution in [0.1, 0.15) is 21.5 Å². The minimum absolute atomic E-state index is 0.0169. The molecule has 0 spiro atoms. The Labute approximate surface area is 145 Å². The molecule has 0 radical (unpaired) electrons. The maximum atomic E-state index is 12.9. The molecule has 2 aromatic rings. The molecule has 2 aromatic carbocycles. The van der Waals surface area contributed by atoms with Crippen molar-refractivity contribution < 1.29 is 18.0 Å². The minimum Gasteiger partial charge on any atom is -0.289 e. The van der Waals surface area contributed by atoms with Crippen LogP contribution >= 0.6 is 34.8 Å². The third-order valence-electron chi connectivity index (χ3n) is 2.98. The zero-order valence-corrected chi connectivity index (χ0v) is 13.6. The first-order valence-electron chi connectivity index (χ1n) is 6.24. The molecular formula is C16H8Cl3F3O. The molecular weight excluding hydrogens is 372 g/mol. The summed E-state index contributed by atoms with van der Waals surface area (Å²) in [5, 5.41) is 0.154. The molecule has 0 saturated heterocycles. The fraction of sp³-hybridized carbons (Fsp3) is 0.0625. The topological polar surface area (TPSA) is 17.1 Å². The van der Waals surface area contributed by atoms with Gasteiger partial charge in [0.15, 0.2) is 5.78 Å². The van der Waals surface area contributed by atoms with Crippen LogP contribution in [0.4, 0.5) is 13.2 Å². The predicted octanol–water partition coefficient (Wildman–Crippen LogP) is 6.56. The van der Waals surface area contributed by atoms with E-state index in [2.05, 4.69) is 0 Å². The number of carbonyl (C=O) groups excluding carboxylic acids is 1. The van der Waals surface area contributed by atoms with E-state index in [0.29, 0.717) is 0 Å². The Morgan fingerprint density at radius 2 is 1.61 bits per heavy atom. The highest BCUT2D eigenvalue weighted by Crippen LogP contribution is 2.34. The second kappa shape index (κ2) is 6.95. The van der Waals surface area contributed by atoms with Crippen molar-refractivity contribution in [3.8, 4) is 0 Å². The van der Waals surface area contributed by atoms with Crippen LogP contribution in [0.5, 0.6) is 0 Å². The van der Waals surface area contributed by atoms with E-state index in [4.69, 9.17) is 34.8 Å². The average molecular weight is 380 g/mol. The lowest BCUT2D eigenvalue weighted by Crippen LogP contribution is -2.07. The highest BCUT2D eigenvalue weighted by atomic mass is 35.5. The summed E-state index contributed by atoms with van der Waals surface area (Å²) in [4.78, 5) is 12.1. The molecule has 0 N–H and O–H groups in total. The Hall–Kier alpha value is -1.49. The van der Waals surface area contributed by atoms with Crippen molar-refractivity contribution in [1.82, 2.24) is 0 Å². The summed E-state index contributed by atoms with van der Waals surface area (Å²) in [7, 11) is 0. The molecule has 0 saturated carbocycles. The predicted molar refractivity (Wildman–Crippen MR) is 86.3 cm³/mol. The van der Waals surface area contributed by atoms with E-state index in [1.165, 1.54) is 30.3 Å². The molecule has 0 aromatic heterocycles. The van der Waals surface area contributed by atoms with Gasteiger partial charge in [-0.05, 0) is 29.8 Å². The Morgan fingerprint density at radius 1 is 0.957 bits per heavy atom. The number of benzene rings is 2. The lowest BCUT2D eigenvalue weighted by Gasteiger charge is -2.09. The number of hydrogen-bond acceptors (Lipinski definition) is 1. The van der Waals surface area contributed by atoms with E-state index in [1.807, 2.05) is 0 Å². The number of rotatable bonds is 3. The number of allylic oxidation sites excluding steroid dienone is 1. The molecule has 120 valence electrons. The molecule has 0 aliphatic heterocycles. The van der Waals surface area contributed by atoms with Crippen LogP contribution in [-0.4, -0.2) is 5.78 Å². The van der Waals surface area contributed by atoms with Crippen molar-refractivity contribution in [3.05, 3.63) is 74.2 Å². The van der Waals surface area contributed by atoms with E-state index in [1.54, 1.807) is 0 Å². The molecule has 0 amide bonds. The summed E-state index contributed by atoms with van der Waals surface area (Å²) in [5.74, 6) is -0.578. The van der Waals surface area contributed by atoms with Gasteiger partial charge in [0.1, 0.15) is 0 Å². The zero-order valence-electron chi connectivity index (χ0n) is 11.3. The average Bonchev–Trinajstić information content (AvgIpc) is 2.50. The van der Waals surface area contributed by atoms with Crippen molar-refractivity contribution in [3.63, 3.8) is 0 Å². The molecule has 0 bridgehead atoms. The highest BCUT2D eigenvalue weighted by molar-refractivity contribution is 6.49. The summed E-state index contributed by atoms with van der Waals surface area (Å²) in [6.45, 7) is 0. The normalized spacial score (nSPS) is 11.9. The fourth-order valence-electron chi connectivity index (χ4n) is 1.87. The molecule has 0 unspecified atom stereocenters. The van der Waals surface area contributed by atoms with Crippen LogP contribution in [0.3, 0.4) is 0 Å². The van der Waals surface area contributed by atoms with Crippen molar-refractivity contribution >= 4 is 46.7 Å². The van der Waals surface area contributed by atoms with Gasteiger partial charge in [-0.25, -0.2) is 0 Å². The summed E-state index contributed by atoms with van der Waals surface area (Å²) >= 11 is 17.5. The van der Waals surface area contributed by atoms with Crippen LogP contribution in [0.2, 0.25) is 15.1 Å². The number of ketones is 1. The molecule has 0 atom stereocenters. The van der Waals surface area contributed by atoms with Gasteiger partial charge in [-0.3, -0.25) is 4.79 Å². The Kier molecular flexibility index (Phi) is 5.40. The molecule has 0 aliphatic carbocycles. The Morgan fingerprint density at radius 3 is 2.26 bits per heavy atom. The van der Waals surface area contributed by atoms with Gasteiger partial charge < -0.3 is 0 Å². The zero-order chi connectivity index (χ0) is 17.2. The molecule has 2 rings (SSSR count). The molecule has 7 heteroatoms. The SMILES string of the molecule is O=C(/C=C/c1ccccc1C(F)(F)F)c1ccc(Cl)c(Cl)c1Cl. The molecule has 1 nitrogen and oxygen atoms in total. The van der Waals surface area contributed by atoms with Gasteiger partial charge in [0, 0.05) is 5.56 Å². The quantitative estimate of drug-likeness (QED) is 0.335. The fourth-order valence-corrected chi connectivity index (χ4v) is 2.50. The van der Waals surface area contributed by atoms with Gasteiger partial charge in [-0.15, -0.1) is 0 Å². The third kappa shape index (κ3) is 4.08. The first-order chi connectivity index (χ1) is 10.7. The lowest BCUT2D eigenvalue weighted by molar-refractivity contribution is -0.137. The van der Waals surface area contributed by atoms with E-state index < -0.39 is 17.5 Å². The first-order valence-corrected chi connectivity index (χ1v) is 7.37. The summed E-state index contributed by atoms with van der Waals surface area (Å²) in [5.41, 5.74) is -0.893. The monoisotopic (exact) mass is 378 g/mol. The standard InChI is InChI=1S/C16H8Cl3F3O/c17-12-7-6-10(14(18)15(12)19)13(23)8-5-9-3-1-2-4-11(9)16(20,21)22/h1-8H/b8-5+. The Bertz CT molecular complexity index is 783. The van der Waals surface area contributed by atoms with Crippen LogP contribution in [0.25, 0.3) is 6.08 Å². The second-order valence-electron chi connectivity index (χ2n) is 4.51. The molecule has 0 fully saturated rings. The Balaban J connectivity index is 2.35. The van der Waals surface area contributed by atoms with Gasteiger partial charge in [0.25, 0.3) is 0 Å². The van der Waals surface area contributed by atoms with E-state index in [-0.39, 0.29) is 26.2 Å². The van der Waals surface area contributed by atoms with Crippen LogP contribution in [0, 0.1) is 0 Å². The van der Waals surface area contributed by atoms with Crippen LogP contribution in [-0.2, 0) is 6.18 Å². The third-order valence-corrected chi connectivity index (χ3v) is 4.27. The minimum atomic E-state index is -4.51. The van der Waals surface area contributed by atoms with Gasteiger partial charge >= 0.3 is 6.18 Å². The lowest BCUT2D eigenvalue weighted by atomic mass is 10.0. The van der Waals surface area contributed by atoms with Gasteiger partial charge in [-0.2, -0.15) is 13.2 Å². The van der Waals surface area contributed by atoms with Crippen molar-refractivity contribution in [2.24, 2.45) is 0 Å². The second-order valence-corrected chi connectivity index (χ2v) is 5.67. The number of hydrogen-bond donors (Lipinski definition) is 0. The largest absolute Gasteiger partial charge is 0.416 e. The van der Waals surface area contributed by atoms with E-state index >= 15 is 0 Å². The van der Waals surface area contributed by atoms with Gasteiger partial charge in [0.05, 0.1) is 20.6 Å². The molecule has 0 aliphatic rings. The van der Waals surface area contributed by atoms with Gasteiger partial charge in [-0.1, -0.05) is 59.1 Å². The first kappa shape index (κ1) is 17.9. The van der Waals surface area contributed by atoms with E-state index in [9.17, 15) is 18.0 Å². The van der Waals surface area contributed by atoms with E-state index in [0.717, 1.165) is 18.2 Å². The summed E-state index contributed by atoms with van der Waals surface area (Å²) in [6, 6.07) is 7.68. The number of carbonyl (C=O) groups is 1. The summed E-state index contributed by atoms with van der Waals surface area (Å²) in [6.07, 6.45) is -2.41. The molecule has 23 heavy (non-hydrogen) atoms. The van der Waals surface area contributed by atoms with Crippen molar-refractivity contribution in [1.29, 1.82) is 0 Å². The maximum absolute atomic E-state index is 12.9.